The number of carbonyl (C=O) groups is 1. The molecule has 2 heterocycles. The lowest BCUT2D eigenvalue weighted by Gasteiger charge is -2.22. The standard InChI is InChI=1S/C14H15FN4O/c1-18-7-6-16-13(18)9-19(11-3-4-11)14(20)10-2-5-12(15)17-8-10/h2,5-8,11H,3-4,9H2,1H3. The minimum absolute atomic E-state index is 0.122. The fraction of sp³-hybridized carbons (Fsp3) is 0.357. The van der Waals surface area contributed by atoms with Gasteiger partial charge in [-0.2, -0.15) is 4.39 Å². The quantitative estimate of drug-likeness (QED) is 0.798. The summed E-state index contributed by atoms with van der Waals surface area (Å²) < 4.78 is 14.7. The Balaban J connectivity index is 1.82. The summed E-state index contributed by atoms with van der Waals surface area (Å²) in [7, 11) is 1.90. The number of nitrogens with zero attached hydrogens (tertiary/aromatic N) is 4. The van der Waals surface area contributed by atoms with Gasteiger partial charge in [0.05, 0.1) is 12.1 Å². The Morgan fingerprint density at radius 2 is 2.25 bits per heavy atom. The molecule has 0 aromatic carbocycles. The Kier molecular flexibility index (Phi) is 3.22. The Labute approximate surface area is 116 Å². The highest BCUT2D eigenvalue weighted by molar-refractivity contribution is 5.94. The first-order chi connectivity index (χ1) is 9.65. The summed E-state index contributed by atoms with van der Waals surface area (Å²) in [6.07, 6.45) is 6.86. The van der Waals surface area contributed by atoms with Gasteiger partial charge < -0.3 is 9.47 Å². The Hall–Kier alpha value is -2.24. The number of imidazole rings is 1. The summed E-state index contributed by atoms with van der Waals surface area (Å²) in [4.78, 5) is 22.1. The van der Waals surface area contributed by atoms with Crippen LogP contribution in [0.3, 0.4) is 0 Å². The third-order valence-electron chi connectivity index (χ3n) is 3.46. The van der Waals surface area contributed by atoms with Gasteiger partial charge in [0.2, 0.25) is 5.95 Å². The van der Waals surface area contributed by atoms with Crippen molar-refractivity contribution in [2.24, 2.45) is 7.05 Å². The molecule has 1 aliphatic carbocycles. The molecule has 1 amide bonds. The minimum atomic E-state index is -0.580. The van der Waals surface area contributed by atoms with E-state index in [0.29, 0.717) is 12.1 Å². The van der Waals surface area contributed by atoms with Crippen molar-refractivity contribution in [1.29, 1.82) is 0 Å². The van der Waals surface area contributed by atoms with Gasteiger partial charge in [-0.3, -0.25) is 4.79 Å². The first-order valence-corrected chi connectivity index (χ1v) is 6.54. The molecule has 2 aromatic rings. The lowest BCUT2D eigenvalue weighted by Crippen LogP contribution is -2.33. The van der Waals surface area contributed by atoms with Crippen LogP contribution in [0.4, 0.5) is 4.39 Å². The number of aryl methyl sites for hydroxylation is 1. The van der Waals surface area contributed by atoms with Gasteiger partial charge in [0.1, 0.15) is 5.82 Å². The number of rotatable bonds is 4. The molecule has 1 fully saturated rings. The summed E-state index contributed by atoms with van der Waals surface area (Å²) in [6.45, 7) is 0.463. The van der Waals surface area contributed by atoms with Gasteiger partial charge in [0, 0.05) is 31.7 Å². The van der Waals surface area contributed by atoms with Gasteiger partial charge in [0.25, 0.3) is 5.91 Å². The summed E-state index contributed by atoms with van der Waals surface area (Å²) in [5.74, 6) is 0.131. The average Bonchev–Trinajstić information content (AvgIpc) is 3.20. The molecule has 0 N–H and O–H groups in total. The van der Waals surface area contributed by atoms with Gasteiger partial charge >= 0.3 is 0 Å². The number of halogens is 1. The van der Waals surface area contributed by atoms with Crippen LogP contribution in [-0.2, 0) is 13.6 Å². The van der Waals surface area contributed by atoms with Crippen molar-refractivity contribution in [3.63, 3.8) is 0 Å². The molecule has 0 saturated heterocycles. The molecule has 1 aliphatic rings. The third kappa shape index (κ3) is 2.54. The van der Waals surface area contributed by atoms with Gasteiger partial charge in [-0.25, -0.2) is 9.97 Å². The van der Waals surface area contributed by atoms with Crippen LogP contribution in [0.2, 0.25) is 0 Å². The molecule has 0 aliphatic heterocycles. The maximum absolute atomic E-state index is 12.8. The van der Waals surface area contributed by atoms with Gasteiger partial charge in [-0.05, 0) is 25.0 Å². The lowest BCUT2D eigenvalue weighted by atomic mass is 10.2. The van der Waals surface area contributed by atoms with Crippen LogP contribution in [0.5, 0.6) is 0 Å². The van der Waals surface area contributed by atoms with Crippen molar-refractivity contribution in [3.8, 4) is 0 Å². The Morgan fingerprint density at radius 3 is 2.80 bits per heavy atom. The van der Waals surface area contributed by atoms with Gasteiger partial charge in [0.15, 0.2) is 0 Å². The predicted octanol–water partition coefficient (Wildman–Crippen LogP) is 1.76. The van der Waals surface area contributed by atoms with Crippen molar-refractivity contribution in [2.45, 2.75) is 25.4 Å². The van der Waals surface area contributed by atoms with Crippen molar-refractivity contribution >= 4 is 5.91 Å². The van der Waals surface area contributed by atoms with Gasteiger partial charge in [-0.15, -0.1) is 0 Å². The van der Waals surface area contributed by atoms with Gasteiger partial charge in [-0.1, -0.05) is 0 Å². The molecule has 3 rings (SSSR count). The van der Waals surface area contributed by atoms with Crippen LogP contribution in [0.15, 0.2) is 30.7 Å². The average molecular weight is 274 g/mol. The van der Waals surface area contributed by atoms with E-state index >= 15 is 0 Å². The van der Waals surface area contributed by atoms with Crippen LogP contribution in [0.25, 0.3) is 0 Å². The molecule has 0 spiro atoms. The Bertz CT molecular complexity index is 618. The van der Waals surface area contributed by atoms with Crippen LogP contribution >= 0.6 is 0 Å². The molecule has 6 heteroatoms. The van der Waals surface area contributed by atoms with Crippen molar-refractivity contribution in [2.75, 3.05) is 0 Å². The zero-order valence-electron chi connectivity index (χ0n) is 11.2. The van der Waals surface area contributed by atoms with Crippen LogP contribution in [-0.4, -0.2) is 31.4 Å². The van der Waals surface area contributed by atoms with E-state index in [1.165, 1.54) is 18.3 Å². The molecule has 2 aromatic heterocycles. The maximum Gasteiger partial charge on any atom is 0.256 e. The maximum atomic E-state index is 12.8. The number of carbonyl (C=O) groups excluding carboxylic acids is 1. The smallest absolute Gasteiger partial charge is 0.256 e. The summed E-state index contributed by atoms with van der Waals surface area (Å²) in [6, 6.07) is 2.93. The summed E-state index contributed by atoms with van der Waals surface area (Å²) in [5.41, 5.74) is 0.410. The van der Waals surface area contributed by atoms with E-state index in [4.69, 9.17) is 0 Å². The number of amides is 1. The molecule has 0 atom stereocenters. The molecule has 104 valence electrons. The Morgan fingerprint density at radius 1 is 1.45 bits per heavy atom. The predicted molar refractivity (Wildman–Crippen MR) is 70.3 cm³/mol. The van der Waals surface area contributed by atoms with E-state index in [-0.39, 0.29) is 11.9 Å². The van der Waals surface area contributed by atoms with E-state index in [1.807, 2.05) is 17.8 Å². The van der Waals surface area contributed by atoms with Crippen molar-refractivity contribution < 1.29 is 9.18 Å². The molecular weight excluding hydrogens is 259 g/mol. The first-order valence-electron chi connectivity index (χ1n) is 6.54. The van der Waals surface area contributed by atoms with E-state index in [9.17, 15) is 9.18 Å². The molecular formula is C14H15FN4O. The molecule has 0 bridgehead atoms. The second-order valence-electron chi connectivity index (χ2n) is 4.99. The van der Waals surface area contributed by atoms with E-state index in [2.05, 4.69) is 9.97 Å². The van der Waals surface area contributed by atoms with E-state index in [0.717, 1.165) is 18.7 Å². The summed E-state index contributed by atoms with van der Waals surface area (Å²) in [5, 5.41) is 0. The zero-order valence-corrected chi connectivity index (χ0v) is 11.2. The van der Waals surface area contributed by atoms with E-state index < -0.39 is 5.95 Å². The van der Waals surface area contributed by atoms with Crippen LogP contribution in [0.1, 0.15) is 29.0 Å². The lowest BCUT2D eigenvalue weighted by molar-refractivity contribution is 0.0723. The highest BCUT2D eigenvalue weighted by Gasteiger charge is 2.33. The molecule has 0 unspecified atom stereocenters. The van der Waals surface area contributed by atoms with Crippen molar-refractivity contribution in [1.82, 2.24) is 19.4 Å². The second kappa shape index (κ2) is 5.03. The fourth-order valence-electron chi connectivity index (χ4n) is 2.12. The fourth-order valence-corrected chi connectivity index (χ4v) is 2.12. The SMILES string of the molecule is Cn1ccnc1CN(C(=O)c1ccc(F)nc1)C1CC1. The molecule has 5 nitrogen and oxygen atoms in total. The van der Waals surface area contributed by atoms with Crippen LogP contribution < -0.4 is 0 Å². The normalized spacial score (nSPS) is 14.3. The number of hydrogen-bond acceptors (Lipinski definition) is 3. The monoisotopic (exact) mass is 274 g/mol. The third-order valence-corrected chi connectivity index (χ3v) is 3.46. The topological polar surface area (TPSA) is 51.0 Å². The minimum Gasteiger partial charge on any atom is -0.337 e. The number of pyridine rings is 1. The highest BCUT2D eigenvalue weighted by atomic mass is 19.1. The van der Waals surface area contributed by atoms with E-state index in [1.54, 1.807) is 11.1 Å². The number of hydrogen-bond donors (Lipinski definition) is 0. The first kappa shape index (κ1) is 12.8. The molecule has 1 saturated carbocycles. The molecule has 0 radical (unpaired) electrons. The second-order valence-corrected chi connectivity index (χ2v) is 4.99. The number of aromatic nitrogens is 3. The van der Waals surface area contributed by atoms with Crippen LogP contribution in [0, 0.1) is 5.95 Å². The zero-order chi connectivity index (χ0) is 14.1. The highest BCUT2D eigenvalue weighted by Crippen LogP contribution is 2.29. The molecule has 20 heavy (non-hydrogen) atoms. The van der Waals surface area contributed by atoms with Crippen molar-refractivity contribution in [3.05, 3.63) is 48.1 Å². The summed E-state index contributed by atoms with van der Waals surface area (Å²) >= 11 is 0. The largest absolute Gasteiger partial charge is 0.337 e.